The monoisotopic (exact) mass is 294 g/mol. The zero-order chi connectivity index (χ0) is 14.5. The van der Waals surface area contributed by atoms with Crippen LogP contribution in [0.25, 0.3) is 0 Å². The Balaban J connectivity index is 2.32. The van der Waals surface area contributed by atoms with Gasteiger partial charge >= 0.3 is 0 Å². The normalized spacial score (nSPS) is 10.1. The number of ether oxygens (including phenoxy) is 2. The number of hydrogen-bond acceptors (Lipinski definition) is 5. The van der Waals surface area contributed by atoms with Crippen molar-refractivity contribution in [3.8, 4) is 17.4 Å². The second-order valence-electron chi connectivity index (χ2n) is 3.73. The van der Waals surface area contributed by atoms with E-state index in [-0.39, 0.29) is 16.7 Å². The predicted octanol–water partition coefficient (Wildman–Crippen LogP) is 3.83. The van der Waals surface area contributed by atoms with Gasteiger partial charge in [-0.3, -0.25) is 10.1 Å². The highest BCUT2D eigenvalue weighted by Crippen LogP contribution is 2.32. The molecule has 20 heavy (non-hydrogen) atoms. The van der Waals surface area contributed by atoms with E-state index in [0.717, 1.165) is 6.07 Å². The SMILES string of the molecule is CCOc1ccccc1Oc1cc([N+](=O)[O-])cc(Cl)n1. The van der Waals surface area contributed by atoms with E-state index < -0.39 is 4.92 Å². The van der Waals surface area contributed by atoms with Crippen molar-refractivity contribution in [1.29, 1.82) is 0 Å². The molecule has 7 heteroatoms. The lowest BCUT2D eigenvalue weighted by molar-refractivity contribution is -0.385. The molecule has 104 valence electrons. The summed E-state index contributed by atoms with van der Waals surface area (Å²) >= 11 is 5.73. The molecule has 0 radical (unpaired) electrons. The second-order valence-corrected chi connectivity index (χ2v) is 4.11. The minimum Gasteiger partial charge on any atom is -0.490 e. The van der Waals surface area contributed by atoms with Gasteiger partial charge < -0.3 is 9.47 Å². The van der Waals surface area contributed by atoms with Gasteiger partial charge in [-0.15, -0.1) is 0 Å². The third-order valence-electron chi connectivity index (χ3n) is 2.33. The molecule has 0 N–H and O–H groups in total. The molecular weight excluding hydrogens is 284 g/mol. The van der Waals surface area contributed by atoms with Gasteiger partial charge in [0.2, 0.25) is 5.88 Å². The van der Waals surface area contributed by atoms with Crippen molar-refractivity contribution in [2.24, 2.45) is 0 Å². The summed E-state index contributed by atoms with van der Waals surface area (Å²) in [6.45, 7) is 2.32. The van der Waals surface area contributed by atoms with Gasteiger partial charge in [0.05, 0.1) is 23.7 Å². The fourth-order valence-electron chi connectivity index (χ4n) is 1.54. The van der Waals surface area contributed by atoms with Crippen molar-refractivity contribution in [2.75, 3.05) is 6.61 Å². The van der Waals surface area contributed by atoms with Gasteiger partial charge in [0.1, 0.15) is 5.15 Å². The first-order chi connectivity index (χ1) is 9.60. The summed E-state index contributed by atoms with van der Waals surface area (Å²) in [5.41, 5.74) is -0.186. The van der Waals surface area contributed by atoms with E-state index in [9.17, 15) is 10.1 Å². The van der Waals surface area contributed by atoms with E-state index in [1.165, 1.54) is 6.07 Å². The topological polar surface area (TPSA) is 74.5 Å². The molecule has 6 nitrogen and oxygen atoms in total. The Morgan fingerprint density at radius 2 is 2.00 bits per heavy atom. The summed E-state index contributed by atoms with van der Waals surface area (Å²) in [5.74, 6) is 0.981. The number of nitro groups is 1. The lowest BCUT2D eigenvalue weighted by Crippen LogP contribution is -1.97. The fourth-order valence-corrected chi connectivity index (χ4v) is 1.73. The second kappa shape index (κ2) is 6.21. The largest absolute Gasteiger partial charge is 0.490 e. The average molecular weight is 295 g/mol. The predicted molar refractivity (Wildman–Crippen MR) is 73.6 cm³/mol. The van der Waals surface area contributed by atoms with Crippen molar-refractivity contribution in [3.63, 3.8) is 0 Å². The number of rotatable bonds is 5. The van der Waals surface area contributed by atoms with Gasteiger partial charge in [0.25, 0.3) is 5.69 Å². The highest BCUT2D eigenvalue weighted by Gasteiger charge is 2.13. The minimum atomic E-state index is -0.561. The smallest absolute Gasteiger partial charge is 0.277 e. The maximum Gasteiger partial charge on any atom is 0.277 e. The van der Waals surface area contributed by atoms with Crippen LogP contribution in [0, 0.1) is 10.1 Å². The first-order valence-corrected chi connectivity index (χ1v) is 6.19. The number of para-hydroxylation sites is 2. The molecule has 1 heterocycles. The molecule has 0 aliphatic rings. The standard InChI is InChI=1S/C13H11ClN2O4/c1-2-19-10-5-3-4-6-11(10)20-13-8-9(16(17)18)7-12(14)15-13/h3-8H,2H2,1H3. The maximum absolute atomic E-state index is 10.8. The molecular formula is C13H11ClN2O4. The van der Waals surface area contributed by atoms with Crippen LogP contribution in [0.2, 0.25) is 5.15 Å². The number of hydrogen-bond donors (Lipinski definition) is 0. The Morgan fingerprint density at radius 1 is 1.30 bits per heavy atom. The van der Waals surface area contributed by atoms with Crippen LogP contribution in [-0.4, -0.2) is 16.5 Å². The lowest BCUT2D eigenvalue weighted by Gasteiger charge is -2.10. The third kappa shape index (κ3) is 3.36. The number of nitrogens with zero attached hydrogens (tertiary/aromatic N) is 2. The van der Waals surface area contributed by atoms with Crippen molar-refractivity contribution >= 4 is 17.3 Å². The Labute approximate surface area is 120 Å². The first-order valence-electron chi connectivity index (χ1n) is 5.82. The van der Waals surface area contributed by atoms with E-state index in [4.69, 9.17) is 21.1 Å². The van der Waals surface area contributed by atoms with Gasteiger partial charge in [-0.2, -0.15) is 0 Å². The van der Waals surface area contributed by atoms with E-state index >= 15 is 0 Å². The molecule has 1 aromatic carbocycles. The van der Waals surface area contributed by atoms with Crippen LogP contribution >= 0.6 is 11.6 Å². The Morgan fingerprint density at radius 3 is 2.65 bits per heavy atom. The van der Waals surface area contributed by atoms with Gasteiger partial charge in [0, 0.05) is 0 Å². The van der Waals surface area contributed by atoms with Crippen molar-refractivity contribution in [3.05, 3.63) is 51.7 Å². The number of halogens is 1. The summed E-state index contributed by atoms with van der Waals surface area (Å²) in [6, 6.07) is 9.33. The zero-order valence-electron chi connectivity index (χ0n) is 10.6. The number of pyridine rings is 1. The van der Waals surface area contributed by atoms with E-state index in [1.54, 1.807) is 24.3 Å². The fraction of sp³-hybridized carbons (Fsp3) is 0.154. The molecule has 0 aliphatic carbocycles. The summed E-state index contributed by atoms with van der Waals surface area (Å²) in [7, 11) is 0. The van der Waals surface area contributed by atoms with Crippen LogP contribution in [0.5, 0.6) is 17.4 Å². The van der Waals surface area contributed by atoms with Gasteiger partial charge in [-0.25, -0.2) is 4.98 Å². The summed E-state index contributed by atoms with van der Waals surface area (Å²) in [4.78, 5) is 14.1. The molecule has 2 aromatic rings. The van der Waals surface area contributed by atoms with Gasteiger partial charge in [-0.1, -0.05) is 23.7 Å². The van der Waals surface area contributed by atoms with Crippen molar-refractivity contribution in [1.82, 2.24) is 4.98 Å². The van der Waals surface area contributed by atoms with Gasteiger partial charge in [-0.05, 0) is 19.1 Å². The van der Waals surface area contributed by atoms with Crippen LogP contribution < -0.4 is 9.47 Å². The van der Waals surface area contributed by atoms with Crippen LogP contribution in [-0.2, 0) is 0 Å². The van der Waals surface area contributed by atoms with Gasteiger partial charge in [0.15, 0.2) is 11.5 Å². The molecule has 0 atom stereocenters. The molecule has 0 aliphatic heterocycles. The van der Waals surface area contributed by atoms with E-state index in [1.807, 2.05) is 6.92 Å². The molecule has 0 fully saturated rings. The minimum absolute atomic E-state index is 0.0110. The summed E-state index contributed by atoms with van der Waals surface area (Å²) in [6.07, 6.45) is 0. The molecule has 0 spiro atoms. The molecule has 0 bridgehead atoms. The molecule has 0 amide bonds. The molecule has 0 saturated heterocycles. The summed E-state index contributed by atoms with van der Waals surface area (Å²) < 4.78 is 10.9. The number of aromatic nitrogens is 1. The van der Waals surface area contributed by atoms with Crippen LogP contribution in [0.1, 0.15) is 6.92 Å². The van der Waals surface area contributed by atoms with Crippen LogP contribution in [0.15, 0.2) is 36.4 Å². The Hall–Kier alpha value is -2.34. The van der Waals surface area contributed by atoms with E-state index in [0.29, 0.717) is 18.1 Å². The molecule has 2 rings (SSSR count). The molecule has 0 unspecified atom stereocenters. The highest BCUT2D eigenvalue weighted by atomic mass is 35.5. The number of benzene rings is 1. The highest BCUT2D eigenvalue weighted by molar-refractivity contribution is 6.29. The zero-order valence-corrected chi connectivity index (χ0v) is 11.3. The van der Waals surface area contributed by atoms with Crippen molar-refractivity contribution < 1.29 is 14.4 Å². The average Bonchev–Trinajstić information content (AvgIpc) is 2.40. The van der Waals surface area contributed by atoms with Crippen LogP contribution in [0.4, 0.5) is 5.69 Å². The quantitative estimate of drug-likeness (QED) is 0.476. The molecule has 1 aromatic heterocycles. The first kappa shape index (κ1) is 14.1. The Kier molecular flexibility index (Phi) is 4.37. The Bertz CT molecular complexity index is 634. The molecule has 0 saturated carbocycles. The summed E-state index contributed by atoms with van der Waals surface area (Å²) in [5, 5.41) is 10.8. The van der Waals surface area contributed by atoms with Crippen LogP contribution in [0.3, 0.4) is 0 Å². The lowest BCUT2D eigenvalue weighted by atomic mass is 10.3. The third-order valence-corrected chi connectivity index (χ3v) is 2.52. The van der Waals surface area contributed by atoms with Crippen molar-refractivity contribution in [2.45, 2.75) is 6.92 Å². The maximum atomic E-state index is 10.8. The van der Waals surface area contributed by atoms with E-state index in [2.05, 4.69) is 4.98 Å².